The first-order valence-electron chi connectivity index (χ1n) is 5.56. The van der Waals surface area contributed by atoms with Crippen LogP contribution in [0.5, 0.6) is 0 Å². The molecule has 2 atom stereocenters. The van der Waals surface area contributed by atoms with Gasteiger partial charge in [-0.15, -0.1) is 0 Å². The summed E-state index contributed by atoms with van der Waals surface area (Å²) in [6.45, 7) is 5.50. The Kier molecular flexibility index (Phi) is 3.66. The van der Waals surface area contributed by atoms with Crippen LogP contribution in [0, 0.1) is 0 Å². The predicted molar refractivity (Wildman–Crippen MR) is 68.8 cm³/mol. The lowest BCUT2D eigenvalue weighted by atomic mass is 10.1. The molecule has 0 radical (unpaired) electrons. The van der Waals surface area contributed by atoms with E-state index in [2.05, 4.69) is 24.1 Å². The molecule has 1 amide bonds. The molecule has 0 aromatic carbocycles. The van der Waals surface area contributed by atoms with Crippen LogP contribution in [-0.2, 0) is 0 Å². The van der Waals surface area contributed by atoms with Crippen molar-refractivity contribution >= 4 is 29.1 Å². The summed E-state index contributed by atoms with van der Waals surface area (Å²) >= 11 is 11.6. The maximum atomic E-state index is 12.2. The average Bonchev–Trinajstić information content (AvgIpc) is 2.57. The van der Waals surface area contributed by atoms with Crippen LogP contribution in [-0.4, -0.2) is 41.0 Å². The minimum Gasteiger partial charge on any atom is -0.340 e. The van der Waals surface area contributed by atoms with Crippen LogP contribution in [0.1, 0.15) is 24.3 Å². The molecule has 2 heterocycles. The topological polar surface area (TPSA) is 48.1 Å². The molecule has 1 aromatic rings. The van der Waals surface area contributed by atoms with Gasteiger partial charge in [0.25, 0.3) is 5.91 Å². The number of aromatic nitrogens is 1. The first-order chi connectivity index (χ1) is 7.97. The summed E-state index contributed by atoms with van der Waals surface area (Å²) in [5, 5.41) is 4.07. The summed E-state index contributed by atoms with van der Waals surface area (Å²) in [4.78, 5) is 16.8. The smallest absolute Gasteiger partial charge is 0.270 e. The fourth-order valence-corrected chi connectivity index (χ4v) is 2.49. The highest BCUT2D eigenvalue weighted by molar-refractivity contribution is 6.41. The molecule has 94 valence electrons. The van der Waals surface area contributed by atoms with Gasteiger partial charge in [-0.05, 0) is 19.9 Å². The molecular formula is C11H15Cl2N3O. The summed E-state index contributed by atoms with van der Waals surface area (Å²) < 4.78 is 0. The zero-order valence-electron chi connectivity index (χ0n) is 9.76. The Balaban J connectivity index is 2.14. The van der Waals surface area contributed by atoms with Crippen molar-refractivity contribution in [3.05, 3.63) is 21.9 Å². The largest absolute Gasteiger partial charge is 0.340 e. The van der Waals surface area contributed by atoms with Crippen molar-refractivity contribution in [2.24, 2.45) is 0 Å². The molecule has 1 saturated heterocycles. The molecule has 2 N–H and O–H groups in total. The van der Waals surface area contributed by atoms with Gasteiger partial charge in [-0.2, -0.15) is 0 Å². The van der Waals surface area contributed by atoms with Gasteiger partial charge in [0, 0.05) is 25.2 Å². The SMILES string of the molecule is C[C@@H]1CN(C(=O)c2cc(Cl)c(Cl)[nH]2)C[C@H](C)N1. The third-order valence-electron chi connectivity index (χ3n) is 2.80. The lowest BCUT2D eigenvalue weighted by Gasteiger charge is -2.35. The number of H-pyrrole nitrogens is 1. The monoisotopic (exact) mass is 275 g/mol. The third-order valence-corrected chi connectivity index (χ3v) is 3.49. The number of hydrogen-bond donors (Lipinski definition) is 2. The van der Waals surface area contributed by atoms with Crippen molar-refractivity contribution in [3.8, 4) is 0 Å². The number of rotatable bonds is 1. The number of halogens is 2. The average molecular weight is 276 g/mol. The molecule has 1 aliphatic rings. The molecule has 0 saturated carbocycles. The molecule has 4 nitrogen and oxygen atoms in total. The first kappa shape index (κ1) is 12.7. The van der Waals surface area contributed by atoms with E-state index in [9.17, 15) is 4.79 Å². The van der Waals surface area contributed by atoms with Crippen molar-refractivity contribution in [1.82, 2.24) is 15.2 Å². The number of carbonyl (C=O) groups is 1. The van der Waals surface area contributed by atoms with Crippen molar-refractivity contribution < 1.29 is 4.79 Å². The highest BCUT2D eigenvalue weighted by Gasteiger charge is 2.26. The van der Waals surface area contributed by atoms with Crippen LogP contribution >= 0.6 is 23.2 Å². The molecule has 1 aliphatic heterocycles. The Labute approximate surface area is 110 Å². The van der Waals surface area contributed by atoms with E-state index in [1.54, 1.807) is 6.07 Å². The lowest BCUT2D eigenvalue weighted by molar-refractivity contribution is 0.0668. The standard InChI is InChI=1S/C11H15Cl2N3O/c1-6-4-16(5-7(2)14-6)11(17)9-3-8(12)10(13)15-9/h3,6-7,14-15H,4-5H2,1-2H3/t6-,7+. The normalized spacial score (nSPS) is 25.1. The van der Waals surface area contributed by atoms with Gasteiger partial charge in [-0.25, -0.2) is 0 Å². The van der Waals surface area contributed by atoms with E-state index in [1.165, 1.54) is 0 Å². The second kappa shape index (κ2) is 4.88. The zero-order chi connectivity index (χ0) is 12.6. The number of aromatic amines is 1. The molecule has 0 unspecified atom stereocenters. The van der Waals surface area contributed by atoms with Crippen LogP contribution in [0.2, 0.25) is 10.2 Å². The molecule has 1 aromatic heterocycles. The second-order valence-corrected chi connectivity index (χ2v) is 5.31. The minimum atomic E-state index is -0.0565. The van der Waals surface area contributed by atoms with Crippen LogP contribution in [0.4, 0.5) is 0 Å². The minimum absolute atomic E-state index is 0.0565. The van der Waals surface area contributed by atoms with Crippen molar-refractivity contribution in [3.63, 3.8) is 0 Å². The highest BCUT2D eigenvalue weighted by Crippen LogP contribution is 2.23. The molecule has 17 heavy (non-hydrogen) atoms. The number of carbonyl (C=O) groups excluding carboxylic acids is 1. The van der Waals surface area contributed by atoms with Crippen molar-refractivity contribution in [2.75, 3.05) is 13.1 Å². The fraction of sp³-hybridized carbons (Fsp3) is 0.545. The maximum absolute atomic E-state index is 12.2. The van der Waals surface area contributed by atoms with Crippen LogP contribution in [0.3, 0.4) is 0 Å². The van der Waals surface area contributed by atoms with Gasteiger partial charge in [0.15, 0.2) is 0 Å². The van der Waals surface area contributed by atoms with Gasteiger partial charge in [0.2, 0.25) is 0 Å². The van der Waals surface area contributed by atoms with Gasteiger partial charge in [0.05, 0.1) is 5.02 Å². The van der Waals surface area contributed by atoms with E-state index < -0.39 is 0 Å². The molecular weight excluding hydrogens is 261 g/mol. The van der Waals surface area contributed by atoms with E-state index in [1.807, 2.05) is 4.90 Å². The van der Waals surface area contributed by atoms with Crippen molar-refractivity contribution in [2.45, 2.75) is 25.9 Å². The number of nitrogens with zero attached hydrogens (tertiary/aromatic N) is 1. The van der Waals surface area contributed by atoms with Crippen LogP contribution < -0.4 is 5.32 Å². The Bertz CT molecular complexity index is 403. The van der Waals surface area contributed by atoms with E-state index in [-0.39, 0.29) is 5.91 Å². The van der Waals surface area contributed by atoms with Crippen molar-refractivity contribution in [1.29, 1.82) is 0 Å². The maximum Gasteiger partial charge on any atom is 0.270 e. The van der Waals surface area contributed by atoms with E-state index in [4.69, 9.17) is 23.2 Å². The van der Waals surface area contributed by atoms with Gasteiger partial charge in [-0.3, -0.25) is 4.79 Å². The van der Waals surface area contributed by atoms with Crippen LogP contribution in [0.15, 0.2) is 6.07 Å². The van der Waals surface area contributed by atoms with Gasteiger partial charge < -0.3 is 15.2 Å². The van der Waals surface area contributed by atoms with Gasteiger partial charge in [-0.1, -0.05) is 23.2 Å². The van der Waals surface area contributed by atoms with Gasteiger partial charge in [0.1, 0.15) is 10.8 Å². The molecule has 6 heteroatoms. The summed E-state index contributed by atoms with van der Waals surface area (Å²) in [6.07, 6.45) is 0. The van der Waals surface area contributed by atoms with Crippen LogP contribution in [0.25, 0.3) is 0 Å². The van der Waals surface area contributed by atoms with Gasteiger partial charge >= 0.3 is 0 Å². The molecule has 0 bridgehead atoms. The molecule has 2 rings (SSSR count). The number of amides is 1. The molecule has 0 spiro atoms. The summed E-state index contributed by atoms with van der Waals surface area (Å²) in [7, 11) is 0. The number of hydrogen-bond acceptors (Lipinski definition) is 2. The summed E-state index contributed by atoms with van der Waals surface area (Å²) in [5.74, 6) is -0.0565. The summed E-state index contributed by atoms with van der Waals surface area (Å²) in [6, 6.07) is 2.16. The Morgan fingerprint density at radius 3 is 2.41 bits per heavy atom. The van der Waals surface area contributed by atoms with E-state index in [0.29, 0.717) is 41.0 Å². The number of nitrogens with one attached hydrogen (secondary N) is 2. The summed E-state index contributed by atoms with van der Waals surface area (Å²) in [5.41, 5.74) is 0.446. The Morgan fingerprint density at radius 1 is 1.35 bits per heavy atom. The Hall–Kier alpha value is -0.710. The van der Waals surface area contributed by atoms with E-state index >= 15 is 0 Å². The van der Waals surface area contributed by atoms with E-state index in [0.717, 1.165) is 0 Å². The number of piperazine rings is 1. The Morgan fingerprint density at radius 2 is 1.94 bits per heavy atom. The quantitative estimate of drug-likeness (QED) is 0.825. The molecule has 1 fully saturated rings. The zero-order valence-corrected chi connectivity index (χ0v) is 11.3. The second-order valence-electron chi connectivity index (χ2n) is 4.52. The fourth-order valence-electron chi connectivity index (χ4n) is 2.18. The highest BCUT2D eigenvalue weighted by atomic mass is 35.5. The first-order valence-corrected chi connectivity index (χ1v) is 6.32. The predicted octanol–water partition coefficient (Wildman–Crippen LogP) is 2.14. The third kappa shape index (κ3) is 2.76. The molecule has 0 aliphatic carbocycles. The lowest BCUT2D eigenvalue weighted by Crippen LogP contribution is -2.55.